The topological polar surface area (TPSA) is 327 Å². The van der Waals surface area contributed by atoms with E-state index in [-0.39, 0.29) is 70.5 Å². The predicted molar refractivity (Wildman–Crippen MR) is 246 cm³/mol. The number of fused-ring (bicyclic) bond motifs is 4. The minimum Gasteiger partial charge on any atom is -0.390 e. The molecule has 412 valence electrons. The Morgan fingerprint density at radius 2 is 1.10 bits per heavy atom. The Kier molecular flexibility index (Phi) is 25.2. The van der Waals surface area contributed by atoms with Crippen molar-refractivity contribution < 1.29 is 91.5 Å². The fraction of sp³-hybridized carbons (Fsp3) is 0.889. The molecule has 2 aromatic rings. The van der Waals surface area contributed by atoms with Crippen molar-refractivity contribution in [1.29, 1.82) is 0 Å². The number of aliphatic hydroxyl groups is 4. The first-order chi connectivity index (χ1) is 35.0. The number of carbonyl (C=O) groups is 1. The molecule has 6 rings (SSSR count). The first-order valence-corrected chi connectivity index (χ1v) is 24.9. The highest BCUT2D eigenvalue weighted by molar-refractivity contribution is 5.75. The molecule has 4 saturated heterocycles. The van der Waals surface area contributed by atoms with E-state index in [1.807, 2.05) is 0 Å². The number of ether oxygens (including phenoxy) is 14. The van der Waals surface area contributed by atoms with Gasteiger partial charge in [0.05, 0.1) is 183 Å². The summed E-state index contributed by atoms with van der Waals surface area (Å²) in [7, 11) is 0. The lowest BCUT2D eigenvalue weighted by Gasteiger charge is -2.41. The SMILES string of the molecule is C[C@H]1[C@H]2OC[C@](COCCOCCOCCOCCn3cc(COCC(CNC(=O)CCCN)OCc4cn(CCOCCOCCOCCOC[C@@]56CO[C@@H](O5)[C@H](C)[C@@H](O)[C@H]6O)nn4)nn3)(O2)[C@H](O)[C@@H]1O. The van der Waals surface area contributed by atoms with Crippen molar-refractivity contribution in [2.24, 2.45) is 17.6 Å². The van der Waals surface area contributed by atoms with Gasteiger partial charge >= 0.3 is 0 Å². The van der Waals surface area contributed by atoms with Crippen LogP contribution in [-0.2, 0) is 97.4 Å². The van der Waals surface area contributed by atoms with Gasteiger partial charge < -0.3 is 97.8 Å². The molecule has 72 heavy (non-hydrogen) atoms. The second kappa shape index (κ2) is 31.1. The molecule has 27 nitrogen and oxygen atoms in total. The number of nitrogens with one attached hydrogen (secondary N) is 1. The quantitative estimate of drug-likeness (QED) is 0.0361. The highest BCUT2D eigenvalue weighted by Gasteiger charge is 2.59. The molecule has 4 aliphatic rings. The van der Waals surface area contributed by atoms with E-state index in [1.165, 1.54) is 0 Å². The van der Waals surface area contributed by atoms with Gasteiger partial charge in [0.2, 0.25) is 5.91 Å². The maximum absolute atomic E-state index is 12.3. The minimum atomic E-state index is -1.09. The smallest absolute Gasteiger partial charge is 0.220 e. The summed E-state index contributed by atoms with van der Waals surface area (Å²) in [5.74, 6) is -0.763. The van der Waals surface area contributed by atoms with Crippen molar-refractivity contribution in [1.82, 2.24) is 35.3 Å². The summed E-state index contributed by atoms with van der Waals surface area (Å²) in [4.78, 5) is 12.3. The molecular formula is C45H78N8O19. The summed E-state index contributed by atoms with van der Waals surface area (Å²) in [6, 6.07) is 0. The summed E-state index contributed by atoms with van der Waals surface area (Å²) in [6.45, 7) is 11.3. The summed E-state index contributed by atoms with van der Waals surface area (Å²) >= 11 is 0. The first-order valence-electron chi connectivity index (χ1n) is 24.9. The van der Waals surface area contributed by atoms with Gasteiger partial charge in [0.25, 0.3) is 0 Å². The van der Waals surface area contributed by atoms with Crippen molar-refractivity contribution in [2.45, 2.75) is 107 Å². The monoisotopic (exact) mass is 1030 g/mol. The van der Waals surface area contributed by atoms with Crippen LogP contribution in [0.4, 0.5) is 0 Å². The van der Waals surface area contributed by atoms with Crippen molar-refractivity contribution >= 4 is 5.91 Å². The Morgan fingerprint density at radius 1 is 0.667 bits per heavy atom. The molecule has 0 spiro atoms. The molecule has 0 aliphatic carbocycles. The van der Waals surface area contributed by atoms with Crippen LogP contribution in [0.5, 0.6) is 0 Å². The van der Waals surface area contributed by atoms with Crippen LogP contribution in [0, 0.1) is 11.8 Å². The second-order valence-corrected chi connectivity index (χ2v) is 18.2. The standard InChI is InChI=1S/C45H78N8O19/c1-32-38(55)40(57)44(30-69-42(32)71-44)28-65-20-18-63-16-14-61-12-10-59-8-6-52-23-34(48-50-52)25-67-27-36(22-47-37(54)4-3-5-46)68-26-35-24-53(51-49-35)7-9-60-11-13-62-15-17-64-19-21-66-29-45-31-70-43(72-45)33(2)39(56)41(45)58/h23-24,32-33,36,38-43,55-58H,3-22,25-31,46H2,1-2H3,(H,47,54)/t32-,33-,36?,38-,39-,40-,41-,42+,43+,44+,45+/m1/s1. The van der Waals surface area contributed by atoms with E-state index in [0.29, 0.717) is 136 Å². The van der Waals surface area contributed by atoms with Crippen LogP contribution in [0.1, 0.15) is 38.1 Å². The third-order valence-corrected chi connectivity index (χ3v) is 12.5. The van der Waals surface area contributed by atoms with Crippen molar-refractivity contribution in [3.05, 3.63) is 23.8 Å². The molecule has 27 heteroatoms. The predicted octanol–water partition coefficient (Wildman–Crippen LogP) is -3.07. The highest BCUT2D eigenvalue weighted by atomic mass is 16.8. The summed E-state index contributed by atoms with van der Waals surface area (Å²) in [6.07, 6.45) is -1.19. The molecule has 4 aliphatic heterocycles. The average Bonchev–Trinajstić information content (AvgIpc) is 4.22. The number of carbonyl (C=O) groups excluding carboxylic acids is 1. The van der Waals surface area contributed by atoms with Gasteiger partial charge in [0, 0.05) is 24.8 Å². The number of nitrogens with zero attached hydrogens (tertiary/aromatic N) is 6. The van der Waals surface area contributed by atoms with E-state index >= 15 is 0 Å². The highest BCUT2D eigenvalue weighted by Crippen LogP contribution is 2.41. The second-order valence-electron chi connectivity index (χ2n) is 18.2. The fourth-order valence-corrected chi connectivity index (χ4v) is 8.11. The molecule has 7 N–H and O–H groups in total. The lowest BCUT2D eigenvalue weighted by atomic mass is 9.86. The normalized spacial score (nSPS) is 28.3. The zero-order chi connectivity index (χ0) is 51.0. The molecule has 4 bridgehead atoms. The van der Waals surface area contributed by atoms with Crippen molar-refractivity contribution in [3.63, 3.8) is 0 Å². The summed E-state index contributed by atoms with van der Waals surface area (Å²) in [5.41, 5.74) is 4.66. The van der Waals surface area contributed by atoms with Crippen LogP contribution in [-0.4, -0.2) is 249 Å². The van der Waals surface area contributed by atoms with Crippen LogP contribution in [0.3, 0.4) is 0 Å². The number of rotatable bonds is 40. The van der Waals surface area contributed by atoms with Gasteiger partial charge in [-0.3, -0.25) is 4.79 Å². The molecule has 6 heterocycles. The van der Waals surface area contributed by atoms with Gasteiger partial charge in [0.1, 0.15) is 34.8 Å². The van der Waals surface area contributed by atoms with E-state index in [9.17, 15) is 25.2 Å². The van der Waals surface area contributed by atoms with Gasteiger partial charge in [-0.1, -0.05) is 24.3 Å². The Morgan fingerprint density at radius 3 is 1.56 bits per heavy atom. The third kappa shape index (κ3) is 18.1. The van der Waals surface area contributed by atoms with Crippen LogP contribution in [0.25, 0.3) is 0 Å². The largest absolute Gasteiger partial charge is 0.390 e. The molecule has 11 atom stereocenters. The fourth-order valence-electron chi connectivity index (χ4n) is 8.11. The van der Waals surface area contributed by atoms with Gasteiger partial charge in [0.15, 0.2) is 12.6 Å². The molecule has 4 fully saturated rings. The van der Waals surface area contributed by atoms with E-state index < -0.39 is 54.3 Å². The van der Waals surface area contributed by atoms with Crippen molar-refractivity contribution in [3.8, 4) is 0 Å². The zero-order valence-electron chi connectivity index (χ0n) is 41.6. The Bertz CT molecular complexity index is 1810. The van der Waals surface area contributed by atoms with E-state index in [1.54, 1.807) is 35.6 Å². The van der Waals surface area contributed by atoms with Gasteiger partial charge in [-0.05, 0) is 13.0 Å². The van der Waals surface area contributed by atoms with Crippen LogP contribution in [0.2, 0.25) is 0 Å². The Hall–Kier alpha value is -3.01. The molecule has 1 unspecified atom stereocenters. The molecule has 0 aromatic carbocycles. The Balaban J connectivity index is 0.741. The van der Waals surface area contributed by atoms with Gasteiger partial charge in [-0.25, -0.2) is 9.36 Å². The number of hydrogen-bond donors (Lipinski definition) is 6. The molecule has 0 saturated carbocycles. The number of hydrogen-bond acceptors (Lipinski definition) is 24. The average molecular weight is 1040 g/mol. The number of aliphatic hydroxyl groups excluding tert-OH is 4. The molecule has 1 amide bonds. The maximum Gasteiger partial charge on any atom is 0.220 e. The minimum absolute atomic E-state index is 0.0913. The van der Waals surface area contributed by atoms with Crippen LogP contribution >= 0.6 is 0 Å². The van der Waals surface area contributed by atoms with Crippen molar-refractivity contribution in [2.75, 3.05) is 139 Å². The van der Waals surface area contributed by atoms with E-state index in [0.717, 1.165) is 0 Å². The van der Waals surface area contributed by atoms with Gasteiger partial charge in [-0.15, -0.1) is 10.2 Å². The molecule has 2 aromatic heterocycles. The van der Waals surface area contributed by atoms with E-state index in [4.69, 9.17) is 72.0 Å². The summed E-state index contributed by atoms with van der Waals surface area (Å²) < 4.78 is 83.1. The zero-order valence-corrected chi connectivity index (χ0v) is 41.6. The van der Waals surface area contributed by atoms with Crippen LogP contribution in [0.15, 0.2) is 12.4 Å². The van der Waals surface area contributed by atoms with Gasteiger partial charge in [-0.2, -0.15) is 0 Å². The molecule has 0 radical (unpaired) electrons. The summed E-state index contributed by atoms with van der Waals surface area (Å²) in [5, 5.41) is 61.1. The third-order valence-electron chi connectivity index (χ3n) is 12.5. The maximum atomic E-state index is 12.3. The van der Waals surface area contributed by atoms with E-state index in [2.05, 4.69) is 25.9 Å². The first kappa shape index (κ1) is 58.3. The lowest BCUT2D eigenvalue weighted by Crippen LogP contribution is -2.60. The Labute approximate surface area is 419 Å². The number of nitrogens with two attached hydrogens (primary N) is 1. The van der Waals surface area contributed by atoms with Crippen LogP contribution < -0.4 is 11.1 Å². The number of amides is 1. The molecular weight excluding hydrogens is 957 g/mol. The lowest BCUT2D eigenvalue weighted by molar-refractivity contribution is -0.249. The number of aromatic nitrogens is 6.